The number of benzene rings is 2. The molecule has 0 saturated heterocycles. The fourth-order valence-electron chi connectivity index (χ4n) is 2.29. The van der Waals surface area contributed by atoms with Crippen molar-refractivity contribution in [1.29, 1.82) is 0 Å². The minimum Gasteiger partial charge on any atom is -0.324 e. The van der Waals surface area contributed by atoms with Crippen LogP contribution in [0.25, 0.3) is 10.8 Å². The van der Waals surface area contributed by atoms with Gasteiger partial charge in [0, 0.05) is 24.0 Å². The summed E-state index contributed by atoms with van der Waals surface area (Å²) < 4.78 is 2.85. The van der Waals surface area contributed by atoms with E-state index in [1.807, 2.05) is 13.1 Å². The molecule has 0 aliphatic rings. The monoisotopic (exact) mass is 330 g/mol. The van der Waals surface area contributed by atoms with Crippen LogP contribution in [0.3, 0.4) is 0 Å². The van der Waals surface area contributed by atoms with Gasteiger partial charge in [0.05, 0.1) is 0 Å². The van der Waals surface area contributed by atoms with Crippen molar-refractivity contribution in [2.45, 2.75) is 12.5 Å². The third-order valence-electron chi connectivity index (χ3n) is 3.46. The summed E-state index contributed by atoms with van der Waals surface area (Å²) in [7, 11) is 1.88. The van der Waals surface area contributed by atoms with Gasteiger partial charge in [0.1, 0.15) is 12.2 Å². The van der Waals surface area contributed by atoms with Gasteiger partial charge in [-0.05, 0) is 34.5 Å². The zero-order valence-corrected chi connectivity index (χ0v) is 12.7. The number of aryl methyl sites for hydroxylation is 1. The maximum absolute atomic E-state index is 6.29. The first-order valence-electron chi connectivity index (χ1n) is 6.41. The fourth-order valence-corrected chi connectivity index (χ4v) is 2.66. The summed E-state index contributed by atoms with van der Waals surface area (Å²) >= 11 is 3.48. The van der Waals surface area contributed by atoms with Crippen molar-refractivity contribution in [3.63, 3.8) is 0 Å². The van der Waals surface area contributed by atoms with E-state index in [1.165, 1.54) is 10.8 Å². The van der Waals surface area contributed by atoms with Crippen LogP contribution in [0.2, 0.25) is 0 Å². The van der Waals surface area contributed by atoms with Crippen molar-refractivity contribution in [1.82, 2.24) is 14.8 Å². The molecule has 0 bridgehead atoms. The molecule has 3 aromatic rings. The lowest BCUT2D eigenvalue weighted by atomic mass is 10.0. The lowest BCUT2D eigenvalue weighted by Crippen LogP contribution is -2.16. The van der Waals surface area contributed by atoms with E-state index in [0.29, 0.717) is 6.42 Å². The molecule has 5 heteroatoms. The number of rotatable bonds is 3. The second-order valence-electron chi connectivity index (χ2n) is 4.86. The van der Waals surface area contributed by atoms with E-state index in [-0.39, 0.29) is 6.04 Å². The molecule has 0 aliphatic heterocycles. The van der Waals surface area contributed by atoms with E-state index in [4.69, 9.17) is 5.73 Å². The highest BCUT2D eigenvalue weighted by molar-refractivity contribution is 9.10. The zero-order valence-electron chi connectivity index (χ0n) is 11.1. The Hall–Kier alpha value is -1.72. The second kappa shape index (κ2) is 5.34. The summed E-state index contributed by atoms with van der Waals surface area (Å²) in [5.41, 5.74) is 7.40. The first kappa shape index (κ1) is 13.3. The van der Waals surface area contributed by atoms with E-state index in [9.17, 15) is 0 Å². The Kier molecular flexibility index (Phi) is 3.54. The maximum Gasteiger partial charge on any atom is 0.138 e. The van der Waals surface area contributed by atoms with Gasteiger partial charge in [-0.25, -0.2) is 4.98 Å². The van der Waals surface area contributed by atoms with Crippen molar-refractivity contribution < 1.29 is 0 Å². The Bertz CT molecular complexity index is 750. The molecular weight excluding hydrogens is 316 g/mol. The molecule has 4 nitrogen and oxygen atoms in total. The summed E-state index contributed by atoms with van der Waals surface area (Å²) in [5.74, 6) is 0.897. The van der Waals surface area contributed by atoms with Crippen LogP contribution in [-0.2, 0) is 13.5 Å². The molecule has 0 amide bonds. The van der Waals surface area contributed by atoms with Gasteiger partial charge in [-0.2, -0.15) is 5.10 Å². The van der Waals surface area contributed by atoms with E-state index in [1.54, 1.807) is 11.0 Å². The number of hydrogen-bond donors (Lipinski definition) is 1. The molecule has 2 aromatic carbocycles. The number of fused-ring (bicyclic) bond motifs is 1. The molecule has 1 heterocycles. The Morgan fingerprint density at radius 3 is 2.70 bits per heavy atom. The highest BCUT2D eigenvalue weighted by Gasteiger charge is 2.11. The molecule has 102 valence electrons. The van der Waals surface area contributed by atoms with Gasteiger partial charge in [-0.3, -0.25) is 4.68 Å². The fraction of sp³-hybridized carbons (Fsp3) is 0.200. The molecule has 0 fully saturated rings. The van der Waals surface area contributed by atoms with Crippen LogP contribution in [0.4, 0.5) is 0 Å². The maximum atomic E-state index is 6.29. The Labute approximate surface area is 125 Å². The van der Waals surface area contributed by atoms with E-state index >= 15 is 0 Å². The zero-order chi connectivity index (χ0) is 14.1. The molecule has 0 radical (unpaired) electrons. The first-order chi connectivity index (χ1) is 9.63. The number of nitrogens with zero attached hydrogens (tertiary/aromatic N) is 3. The summed E-state index contributed by atoms with van der Waals surface area (Å²) in [5, 5.41) is 6.46. The average molecular weight is 331 g/mol. The number of aromatic nitrogens is 3. The highest BCUT2D eigenvalue weighted by atomic mass is 79.9. The lowest BCUT2D eigenvalue weighted by molar-refractivity contribution is 0.630. The summed E-state index contributed by atoms with van der Waals surface area (Å²) in [4.78, 5) is 4.22. The summed E-state index contributed by atoms with van der Waals surface area (Å²) in [6.45, 7) is 0. The van der Waals surface area contributed by atoms with Gasteiger partial charge in [-0.1, -0.05) is 34.1 Å². The largest absolute Gasteiger partial charge is 0.324 e. The predicted octanol–water partition coefficient (Wildman–Crippen LogP) is 2.97. The topological polar surface area (TPSA) is 56.7 Å². The summed E-state index contributed by atoms with van der Waals surface area (Å²) in [6.07, 6.45) is 2.23. The van der Waals surface area contributed by atoms with Gasteiger partial charge in [0.15, 0.2) is 0 Å². The molecule has 20 heavy (non-hydrogen) atoms. The third kappa shape index (κ3) is 2.59. The SMILES string of the molecule is Cn1ncnc1CC(N)c1ccc2cc(Br)ccc2c1. The minimum absolute atomic E-state index is 0.0778. The van der Waals surface area contributed by atoms with Gasteiger partial charge in [0.25, 0.3) is 0 Å². The Morgan fingerprint density at radius 1 is 1.20 bits per heavy atom. The quantitative estimate of drug-likeness (QED) is 0.803. The highest BCUT2D eigenvalue weighted by Crippen LogP contribution is 2.24. The Morgan fingerprint density at radius 2 is 1.95 bits per heavy atom. The number of hydrogen-bond acceptors (Lipinski definition) is 3. The summed E-state index contributed by atoms with van der Waals surface area (Å²) in [6, 6.07) is 12.5. The predicted molar refractivity (Wildman–Crippen MR) is 83.3 cm³/mol. The van der Waals surface area contributed by atoms with Crippen LogP contribution in [0.5, 0.6) is 0 Å². The molecule has 1 atom stereocenters. The van der Waals surface area contributed by atoms with Crippen LogP contribution in [0, 0.1) is 0 Å². The Balaban J connectivity index is 1.90. The van der Waals surface area contributed by atoms with Crippen LogP contribution < -0.4 is 5.73 Å². The third-order valence-corrected chi connectivity index (χ3v) is 3.96. The van der Waals surface area contributed by atoms with Gasteiger partial charge < -0.3 is 5.73 Å². The smallest absolute Gasteiger partial charge is 0.138 e. The van der Waals surface area contributed by atoms with Gasteiger partial charge >= 0.3 is 0 Å². The van der Waals surface area contributed by atoms with Crippen LogP contribution in [0.15, 0.2) is 47.2 Å². The van der Waals surface area contributed by atoms with E-state index < -0.39 is 0 Å². The van der Waals surface area contributed by atoms with E-state index in [0.717, 1.165) is 15.9 Å². The molecule has 3 rings (SSSR count). The van der Waals surface area contributed by atoms with Crippen LogP contribution in [0.1, 0.15) is 17.4 Å². The van der Waals surface area contributed by atoms with Crippen molar-refractivity contribution >= 4 is 26.7 Å². The molecular formula is C15H15BrN4. The molecule has 0 saturated carbocycles. The number of halogens is 1. The standard InChI is InChI=1S/C15H15BrN4/c1-20-15(18-9-19-20)8-14(17)12-3-2-11-7-13(16)5-4-10(11)6-12/h2-7,9,14H,8,17H2,1H3. The van der Waals surface area contributed by atoms with Crippen molar-refractivity contribution in [2.75, 3.05) is 0 Å². The number of nitrogens with two attached hydrogens (primary N) is 1. The van der Waals surface area contributed by atoms with Crippen molar-refractivity contribution in [2.24, 2.45) is 12.8 Å². The molecule has 2 N–H and O–H groups in total. The second-order valence-corrected chi connectivity index (χ2v) is 5.78. The lowest BCUT2D eigenvalue weighted by Gasteiger charge is -2.12. The molecule has 0 spiro atoms. The molecule has 0 aliphatic carbocycles. The molecule has 1 aromatic heterocycles. The van der Waals surface area contributed by atoms with Crippen molar-refractivity contribution in [3.8, 4) is 0 Å². The van der Waals surface area contributed by atoms with E-state index in [2.05, 4.69) is 56.3 Å². The molecule has 1 unspecified atom stereocenters. The van der Waals surface area contributed by atoms with Crippen LogP contribution in [-0.4, -0.2) is 14.8 Å². The van der Waals surface area contributed by atoms with Gasteiger partial charge in [-0.15, -0.1) is 0 Å². The average Bonchev–Trinajstić information content (AvgIpc) is 2.83. The van der Waals surface area contributed by atoms with Crippen LogP contribution >= 0.6 is 15.9 Å². The van der Waals surface area contributed by atoms with Gasteiger partial charge in [0.2, 0.25) is 0 Å². The van der Waals surface area contributed by atoms with Crippen molar-refractivity contribution in [3.05, 3.63) is 58.6 Å². The normalized spacial score (nSPS) is 12.8. The first-order valence-corrected chi connectivity index (χ1v) is 7.20. The minimum atomic E-state index is -0.0778.